The van der Waals surface area contributed by atoms with Gasteiger partial charge in [0.2, 0.25) is 0 Å². The monoisotopic (exact) mass is 236 g/mol. The SMILES string of the molecule is CC(OC(O[SiH3])OC(C)N(C)C)N(C)C. The fourth-order valence-electron chi connectivity index (χ4n) is 0.708. The standard InChI is InChI=1S/C9H24N2O3Si/c1-7(10(3)4)12-9(14-15)13-8(2)11(5)6/h7-9H,1-6,15H3. The van der Waals surface area contributed by atoms with E-state index in [0.29, 0.717) is 10.5 Å². The predicted octanol–water partition coefficient (Wildman–Crippen LogP) is -0.585. The molecule has 0 aliphatic heterocycles. The van der Waals surface area contributed by atoms with Crippen LogP contribution in [0, 0.1) is 0 Å². The third-order valence-corrected chi connectivity index (χ3v) is 2.65. The molecule has 0 spiro atoms. The highest BCUT2D eigenvalue weighted by atomic mass is 28.2. The van der Waals surface area contributed by atoms with Crippen molar-refractivity contribution in [3.05, 3.63) is 0 Å². The van der Waals surface area contributed by atoms with Gasteiger partial charge in [-0.25, -0.2) is 0 Å². The van der Waals surface area contributed by atoms with Gasteiger partial charge in [-0.3, -0.25) is 9.80 Å². The van der Waals surface area contributed by atoms with Crippen LogP contribution in [-0.2, 0) is 13.9 Å². The van der Waals surface area contributed by atoms with Gasteiger partial charge in [-0.2, -0.15) is 0 Å². The van der Waals surface area contributed by atoms with E-state index >= 15 is 0 Å². The van der Waals surface area contributed by atoms with Gasteiger partial charge in [0.1, 0.15) is 12.5 Å². The molecule has 92 valence electrons. The zero-order valence-electron chi connectivity index (χ0n) is 10.9. The second kappa shape index (κ2) is 7.32. The molecule has 6 heteroatoms. The number of hydrogen-bond acceptors (Lipinski definition) is 5. The molecule has 0 aromatic carbocycles. The van der Waals surface area contributed by atoms with Crippen LogP contribution in [0.4, 0.5) is 0 Å². The molecule has 2 atom stereocenters. The Hall–Kier alpha value is 0.0169. The van der Waals surface area contributed by atoms with Gasteiger partial charge in [-0.1, -0.05) is 0 Å². The van der Waals surface area contributed by atoms with Crippen LogP contribution in [0.15, 0.2) is 0 Å². The van der Waals surface area contributed by atoms with Crippen molar-refractivity contribution in [2.75, 3.05) is 28.2 Å². The van der Waals surface area contributed by atoms with Crippen LogP contribution in [0.5, 0.6) is 0 Å². The summed E-state index contributed by atoms with van der Waals surface area (Å²) in [5, 5.41) is 0. The van der Waals surface area contributed by atoms with E-state index in [-0.39, 0.29) is 12.5 Å². The van der Waals surface area contributed by atoms with Crippen molar-refractivity contribution < 1.29 is 13.9 Å². The Labute approximate surface area is 95.8 Å². The summed E-state index contributed by atoms with van der Waals surface area (Å²) in [5.74, 6) is 0. The molecule has 0 aliphatic carbocycles. The normalized spacial score (nSPS) is 18.4. The maximum absolute atomic E-state index is 5.57. The molecule has 2 unspecified atom stereocenters. The van der Waals surface area contributed by atoms with Gasteiger partial charge in [0.15, 0.2) is 10.5 Å². The molecule has 0 bridgehead atoms. The first kappa shape index (κ1) is 15.0. The molecule has 0 radical (unpaired) electrons. The highest BCUT2D eigenvalue weighted by Crippen LogP contribution is 2.07. The summed E-state index contributed by atoms with van der Waals surface area (Å²) in [7, 11) is 8.38. The number of hydrogen-bond donors (Lipinski definition) is 0. The van der Waals surface area contributed by atoms with Gasteiger partial charge in [0, 0.05) is 0 Å². The Morgan fingerprint density at radius 1 is 0.867 bits per heavy atom. The first-order chi connectivity index (χ1) is 6.88. The molecular weight excluding hydrogens is 212 g/mol. The van der Waals surface area contributed by atoms with Crippen molar-refractivity contribution in [3.63, 3.8) is 0 Å². The summed E-state index contributed by atoms with van der Waals surface area (Å²) < 4.78 is 16.4. The minimum atomic E-state index is -0.577. The second-order valence-corrected chi connectivity index (χ2v) is 4.39. The maximum atomic E-state index is 5.57. The number of ether oxygens (including phenoxy) is 2. The zero-order valence-corrected chi connectivity index (χ0v) is 12.9. The van der Waals surface area contributed by atoms with E-state index in [1.165, 1.54) is 0 Å². The molecule has 5 nitrogen and oxygen atoms in total. The first-order valence-electron chi connectivity index (χ1n) is 5.05. The topological polar surface area (TPSA) is 34.2 Å². The van der Waals surface area contributed by atoms with Crippen LogP contribution in [0.25, 0.3) is 0 Å². The van der Waals surface area contributed by atoms with Crippen molar-refractivity contribution in [3.8, 4) is 0 Å². The van der Waals surface area contributed by atoms with Crippen LogP contribution >= 0.6 is 0 Å². The Bertz CT molecular complexity index is 153. The van der Waals surface area contributed by atoms with E-state index in [1.54, 1.807) is 0 Å². The van der Waals surface area contributed by atoms with E-state index in [4.69, 9.17) is 13.9 Å². The van der Waals surface area contributed by atoms with Gasteiger partial charge >= 0.3 is 0 Å². The zero-order chi connectivity index (χ0) is 12.0. The van der Waals surface area contributed by atoms with Gasteiger partial charge in [-0.05, 0) is 42.0 Å². The largest absolute Gasteiger partial charge is 0.383 e. The summed E-state index contributed by atoms with van der Waals surface area (Å²) in [6.45, 7) is 3.33. The third-order valence-electron chi connectivity index (χ3n) is 2.26. The molecular formula is C9H24N2O3Si. The minimum Gasteiger partial charge on any atom is -0.383 e. The van der Waals surface area contributed by atoms with Gasteiger partial charge in [-0.15, -0.1) is 0 Å². The smallest absolute Gasteiger partial charge is 0.264 e. The van der Waals surface area contributed by atoms with Gasteiger partial charge in [0.05, 0.1) is 0 Å². The second-order valence-electron chi connectivity index (χ2n) is 3.92. The summed E-state index contributed by atoms with van der Waals surface area (Å²) >= 11 is 0. The van der Waals surface area contributed by atoms with E-state index in [9.17, 15) is 0 Å². The van der Waals surface area contributed by atoms with Crippen LogP contribution in [-0.4, -0.2) is 67.4 Å². The molecule has 0 amide bonds. The van der Waals surface area contributed by atoms with E-state index in [2.05, 4.69) is 0 Å². The van der Waals surface area contributed by atoms with Crippen molar-refractivity contribution in [1.29, 1.82) is 0 Å². The third kappa shape index (κ3) is 6.24. The van der Waals surface area contributed by atoms with Crippen LogP contribution in [0.1, 0.15) is 13.8 Å². The molecule has 15 heavy (non-hydrogen) atoms. The highest BCUT2D eigenvalue weighted by molar-refractivity contribution is 5.97. The van der Waals surface area contributed by atoms with Crippen molar-refractivity contribution >= 4 is 10.5 Å². The molecule has 0 fully saturated rings. The number of nitrogens with zero attached hydrogens (tertiary/aromatic N) is 2. The molecule has 0 aliphatic rings. The van der Waals surface area contributed by atoms with Crippen molar-refractivity contribution in [2.24, 2.45) is 0 Å². The molecule has 0 aromatic rings. The first-order valence-corrected chi connectivity index (χ1v) is 5.86. The Morgan fingerprint density at radius 2 is 1.20 bits per heavy atom. The van der Waals surface area contributed by atoms with Gasteiger partial charge < -0.3 is 13.9 Å². The Balaban J connectivity index is 4.03. The van der Waals surface area contributed by atoms with Crippen LogP contribution in [0.2, 0.25) is 0 Å². The predicted molar refractivity (Wildman–Crippen MR) is 63.3 cm³/mol. The van der Waals surface area contributed by atoms with Gasteiger partial charge in [0.25, 0.3) is 6.48 Å². The minimum absolute atomic E-state index is 0.0293. The van der Waals surface area contributed by atoms with Crippen molar-refractivity contribution in [2.45, 2.75) is 32.8 Å². The summed E-state index contributed by atoms with van der Waals surface area (Å²) in [5.41, 5.74) is 0. The molecule has 0 N–H and O–H groups in total. The highest BCUT2D eigenvalue weighted by Gasteiger charge is 2.17. The molecule has 0 saturated heterocycles. The number of rotatable bonds is 7. The lowest BCUT2D eigenvalue weighted by Crippen LogP contribution is -2.38. The quantitative estimate of drug-likeness (QED) is 0.436. The van der Waals surface area contributed by atoms with E-state index in [0.717, 1.165) is 0 Å². The van der Waals surface area contributed by atoms with Crippen LogP contribution in [0.3, 0.4) is 0 Å². The lowest BCUT2D eigenvalue weighted by Gasteiger charge is -2.29. The lowest BCUT2D eigenvalue weighted by molar-refractivity contribution is -0.308. The van der Waals surface area contributed by atoms with Crippen LogP contribution < -0.4 is 0 Å². The Kier molecular flexibility index (Phi) is 7.32. The summed E-state index contributed by atoms with van der Waals surface area (Å²) in [6, 6.07) is 0. The average Bonchev–Trinajstić information content (AvgIpc) is 2.15. The fraction of sp³-hybridized carbons (Fsp3) is 1.00. The fourth-order valence-corrected chi connectivity index (χ4v) is 0.930. The van der Waals surface area contributed by atoms with E-state index in [1.807, 2.05) is 51.8 Å². The average molecular weight is 236 g/mol. The lowest BCUT2D eigenvalue weighted by atomic mass is 10.6. The van der Waals surface area contributed by atoms with E-state index < -0.39 is 6.48 Å². The molecule has 0 aromatic heterocycles. The Morgan fingerprint density at radius 3 is 1.40 bits per heavy atom. The maximum Gasteiger partial charge on any atom is 0.264 e. The molecule has 0 saturated carbocycles. The van der Waals surface area contributed by atoms with Crippen molar-refractivity contribution in [1.82, 2.24) is 9.80 Å². The summed E-state index contributed by atoms with van der Waals surface area (Å²) in [4.78, 5) is 3.91. The summed E-state index contributed by atoms with van der Waals surface area (Å²) in [6.07, 6.45) is -0.0587. The molecule has 0 heterocycles. The molecule has 0 rings (SSSR count).